The Morgan fingerprint density at radius 1 is 1.05 bits per heavy atom. The van der Waals surface area contributed by atoms with Gasteiger partial charge in [-0.15, -0.1) is 0 Å². The molecule has 2 heterocycles. The van der Waals surface area contributed by atoms with E-state index in [2.05, 4.69) is 0 Å². The number of carbonyl (C=O) groups is 3. The number of hydrogen-bond acceptors (Lipinski definition) is 4. The molecule has 22 heavy (non-hydrogen) atoms. The zero-order chi connectivity index (χ0) is 15.6. The van der Waals surface area contributed by atoms with E-state index in [0.717, 1.165) is 4.90 Å². The average Bonchev–Trinajstić information content (AvgIpc) is 2.81. The molecule has 3 aliphatic rings. The third-order valence-corrected chi connectivity index (χ3v) is 4.19. The molecule has 1 spiro atoms. The molecule has 6 nitrogen and oxygen atoms in total. The van der Waals surface area contributed by atoms with Crippen LogP contribution in [0.3, 0.4) is 0 Å². The number of carboxylic acids is 1. The molecule has 0 saturated carbocycles. The van der Waals surface area contributed by atoms with Crippen LogP contribution in [0.1, 0.15) is 5.56 Å². The average molecular weight is 295 g/mol. The Labute approximate surface area is 124 Å². The minimum absolute atomic E-state index is 0.0155. The Bertz CT molecular complexity index is 862. The molecule has 0 bridgehead atoms. The van der Waals surface area contributed by atoms with Crippen LogP contribution in [0.5, 0.6) is 0 Å². The molecule has 6 heteroatoms. The van der Waals surface area contributed by atoms with Crippen molar-refractivity contribution >= 4 is 23.5 Å². The van der Waals surface area contributed by atoms with Crippen LogP contribution in [0.25, 0.3) is 5.76 Å². The Kier molecular flexibility index (Phi) is 2.13. The van der Waals surface area contributed by atoms with Crippen LogP contribution in [0.4, 0.5) is 0 Å². The number of piperidine rings is 1. The van der Waals surface area contributed by atoms with Gasteiger partial charge in [-0.2, -0.15) is 0 Å². The molecule has 1 atom stereocenters. The van der Waals surface area contributed by atoms with Crippen molar-refractivity contribution in [1.29, 1.82) is 0 Å². The molecule has 1 aromatic rings. The van der Waals surface area contributed by atoms with E-state index in [1.165, 1.54) is 12.2 Å². The third kappa shape index (κ3) is 1.18. The summed E-state index contributed by atoms with van der Waals surface area (Å²) in [4.78, 5) is 36.6. The fraction of sp³-hybridized carbons (Fsp3) is 0.0625. The molecule has 4 rings (SSSR count). The van der Waals surface area contributed by atoms with Crippen molar-refractivity contribution in [2.75, 3.05) is 0 Å². The number of carbonyl (C=O) groups excluding carboxylic acids is 2. The van der Waals surface area contributed by atoms with Gasteiger partial charge in [0.1, 0.15) is 5.76 Å². The molecule has 2 saturated heterocycles. The topological polar surface area (TPSA) is 94.7 Å². The van der Waals surface area contributed by atoms with Crippen molar-refractivity contribution in [3.8, 4) is 0 Å². The van der Waals surface area contributed by atoms with Gasteiger partial charge < -0.3 is 10.2 Å². The highest BCUT2D eigenvalue weighted by Crippen LogP contribution is 2.59. The fourth-order valence-electron chi connectivity index (χ4n) is 3.18. The van der Waals surface area contributed by atoms with E-state index in [1.54, 1.807) is 30.3 Å². The van der Waals surface area contributed by atoms with Crippen molar-refractivity contribution in [1.82, 2.24) is 4.90 Å². The van der Waals surface area contributed by atoms with Crippen molar-refractivity contribution in [2.24, 2.45) is 0 Å². The van der Waals surface area contributed by atoms with Crippen molar-refractivity contribution in [3.63, 3.8) is 0 Å². The van der Waals surface area contributed by atoms with Crippen molar-refractivity contribution in [3.05, 3.63) is 64.8 Å². The van der Waals surface area contributed by atoms with Crippen LogP contribution in [0.15, 0.2) is 59.2 Å². The quantitative estimate of drug-likeness (QED) is 0.368. The van der Waals surface area contributed by atoms with Gasteiger partial charge in [0.15, 0.2) is 5.54 Å². The highest BCUT2D eigenvalue weighted by molar-refractivity contribution is 6.35. The highest BCUT2D eigenvalue weighted by atomic mass is 16.4. The molecule has 2 fully saturated rings. The molecular weight excluding hydrogens is 286 g/mol. The van der Waals surface area contributed by atoms with E-state index in [0.29, 0.717) is 5.56 Å². The van der Waals surface area contributed by atoms with Crippen LogP contribution >= 0.6 is 0 Å². The lowest BCUT2D eigenvalue weighted by molar-refractivity contribution is -0.133. The highest BCUT2D eigenvalue weighted by Gasteiger charge is 2.78. The number of allylic oxidation sites excluding steroid dienone is 2. The second-order valence-electron chi connectivity index (χ2n) is 5.21. The second-order valence-corrected chi connectivity index (χ2v) is 5.21. The van der Waals surface area contributed by atoms with Crippen LogP contribution in [-0.2, 0) is 14.4 Å². The molecule has 108 valence electrons. The number of nitrogens with zero attached hydrogens (tertiary/aromatic N) is 1. The van der Waals surface area contributed by atoms with Crippen molar-refractivity contribution in [2.45, 2.75) is 5.54 Å². The molecule has 2 amide bonds. The van der Waals surface area contributed by atoms with E-state index < -0.39 is 23.3 Å². The summed E-state index contributed by atoms with van der Waals surface area (Å²) < 4.78 is 0. The minimum Gasteiger partial charge on any atom is -0.506 e. The van der Waals surface area contributed by atoms with E-state index in [1.807, 2.05) is 0 Å². The summed E-state index contributed by atoms with van der Waals surface area (Å²) in [6.07, 6.45) is 2.72. The van der Waals surface area contributed by atoms with Gasteiger partial charge in [-0.1, -0.05) is 36.4 Å². The predicted molar refractivity (Wildman–Crippen MR) is 74.4 cm³/mol. The Hall–Kier alpha value is -3.15. The van der Waals surface area contributed by atoms with Gasteiger partial charge >= 0.3 is 5.97 Å². The molecule has 1 aromatic carbocycles. The molecule has 1 aliphatic carbocycles. The Morgan fingerprint density at radius 3 is 2.36 bits per heavy atom. The summed E-state index contributed by atoms with van der Waals surface area (Å²) in [5, 5.41) is 19.6. The largest absolute Gasteiger partial charge is 0.506 e. The van der Waals surface area contributed by atoms with E-state index in [4.69, 9.17) is 0 Å². The first-order chi connectivity index (χ1) is 10.5. The Balaban J connectivity index is 1.90. The maximum atomic E-state index is 12.4. The SMILES string of the molecule is O=C(O)C1=CC=C2/C(=C(/O)c3ccccc3)C(=O)N3C(=O)[C@]123. The number of aliphatic carboxylic acids is 1. The van der Waals surface area contributed by atoms with Gasteiger partial charge in [0.2, 0.25) is 0 Å². The van der Waals surface area contributed by atoms with Gasteiger partial charge in [-0.3, -0.25) is 14.5 Å². The maximum Gasteiger partial charge on any atom is 0.334 e. The summed E-state index contributed by atoms with van der Waals surface area (Å²) in [6, 6.07) is 8.44. The molecule has 0 radical (unpaired) electrons. The van der Waals surface area contributed by atoms with Gasteiger partial charge in [0.25, 0.3) is 11.8 Å². The summed E-state index contributed by atoms with van der Waals surface area (Å²) >= 11 is 0. The summed E-state index contributed by atoms with van der Waals surface area (Å²) in [7, 11) is 0. The van der Waals surface area contributed by atoms with Gasteiger partial charge in [-0.05, 0) is 6.08 Å². The Morgan fingerprint density at radius 2 is 1.73 bits per heavy atom. The number of aliphatic hydroxyl groups is 1. The fourth-order valence-corrected chi connectivity index (χ4v) is 3.18. The van der Waals surface area contributed by atoms with E-state index in [9.17, 15) is 24.6 Å². The lowest BCUT2D eigenvalue weighted by Crippen LogP contribution is -2.22. The number of benzene rings is 1. The van der Waals surface area contributed by atoms with Crippen molar-refractivity contribution < 1.29 is 24.6 Å². The van der Waals surface area contributed by atoms with Gasteiger partial charge in [-0.25, -0.2) is 4.79 Å². The summed E-state index contributed by atoms with van der Waals surface area (Å²) in [6.45, 7) is 0. The second kappa shape index (κ2) is 3.73. The van der Waals surface area contributed by atoms with Crippen LogP contribution in [0.2, 0.25) is 0 Å². The number of hydrogen-bond donors (Lipinski definition) is 2. The lowest BCUT2D eigenvalue weighted by atomic mass is 9.90. The first-order valence-corrected chi connectivity index (χ1v) is 6.55. The monoisotopic (exact) mass is 295 g/mol. The number of amides is 2. The first-order valence-electron chi connectivity index (χ1n) is 6.55. The third-order valence-electron chi connectivity index (χ3n) is 4.19. The van der Waals surface area contributed by atoms with Crippen LogP contribution in [-0.4, -0.2) is 38.4 Å². The summed E-state index contributed by atoms with van der Waals surface area (Å²) in [5.41, 5.74) is -1.03. The zero-order valence-corrected chi connectivity index (χ0v) is 11.1. The molecule has 0 unspecified atom stereocenters. The zero-order valence-electron chi connectivity index (χ0n) is 11.1. The normalized spacial score (nSPS) is 27.2. The predicted octanol–water partition coefficient (Wildman–Crippen LogP) is 1.03. The van der Waals surface area contributed by atoms with Gasteiger partial charge in [0, 0.05) is 11.1 Å². The first kappa shape index (κ1) is 12.6. The number of rotatable bonds is 2. The molecular formula is C16H9NO5. The number of imide groups is 1. The standard InChI is InChI=1S/C16H9NO5/c18-12(8-4-2-1-3-5-8)11-9-6-7-10(14(20)21)16(9)15(22)17(16)13(11)19/h1-7,18H,(H,20,21)/b12-11-/t16-,17?/m1/s1. The summed E-state index contributed by atoms with van der Waals surface area (Å²) in [5.74, 6) is -2.73. The number of carboxylic acid groups (broad SMARTS) is 1. The van der Waals surface area contributed by atoms with E-state index >= 15 is 0 Å². The minimum atomic E-state index is -1.53. The van der Waals surface area contributed by atoms with E-state index in [-0.39, 0.29) is 22.5 Å². The van der Waals surface area contributed by atoms with Crippen LogP contribution in [0, 0.1) is 0 Å². The molecule has 0 aromatic heterocycles. The molecule has 2 N–H and O–H groups in total. The van der Waals surface area contributed by atoms with Crippen LogP contribution < -0.4 is 0 Å². The lowest BCUT2D eigenvalue weighted by Gasteiger charge is -2.08. The van der Waals surface area contributed by atoms with Gasteiger partial charge in [0.05, 0.1) is 11.1 Å². The molecule has 2 aliphatic heterocycles. The smallest absolute Gasteiger partial charge is 0.334 e. The number of aliphatic hydroxyl groups excluding tert-OH is 1. The maximum absolute atomic E-state index is 12.4.